The summed E-state index contributed by atoms with van der Waals surface area (Å²) < 4.78 is 44.0. The highest BCUT2D eigenvalue weighted by molar-refractivity contribution is 7.89. The van der Waals surface area contributed by atoms with Gasteiger partial charge >= 0.3 is 0 Å². The number of hydrogen-bond donors (Lipinski definition) is 2. The molecule has 3 aliphatic rings. The highest BCUT2D eigenvalue weighted by Gasteiger charge is 2.34. The van der Waals surface area contributed by atoms with Gasteiger partial charge in [0.25, 0.3) is 5.91 Å². The van der Waals surface area contributed by atoms with E-state index in [2.05, 4.69) is 10.6 Å². The van der Waals surface area contributed by atoms with Crippen molar-refractivity contribution >= 4 is 33.2 Å². The Labute approximate surface area is 190 Å². The molecule has 2 amide bonds. The Morgan fingerprint density at radius 3 is 2.76 bits per heavy atom. The third-order valence-electron chi connectivity index (χ3n) is 5.91. The Balaban J connectivity index is 1.30. The summed E-state index contributed by atoms with van der Waals surface area (Å²) in [6, 6.07) is 9.50. The van der Waals surface area contributed by atoms with Gasteiger partial charge in [0, 0.05) is 24.8 Å². The second-order valence-electron chi connectivity index (χ2n) is 8.17. The molecule has 0 saturated carbocycles. The molecule has 3 aliphatic heterocycles. The first kappa shape index (κ1) is 21.5. The van der Waals surface area contributed by atoms with Crippen LogP contribution in [-0.4, -0.2) is 50.5 Å². The van der Waals surface area contributed by atoms with E-state index in [1.807, 2.05) is 0 Å². The number of sulfonamides is 1. The third kappa shape index (κ3) is 4.09. The number of hydrogen-bond acceptors (Lipinski definition) is 7. The van der Waals surface area contributed by atoms with Crippen molar-refractivity contribution < 1.29 is 32.2 Å². The van der Waals surface area contributed by atoms with Crippen LogP contribution in [0.4, 0.5) is 11.4 Å². The van der Waals surface area contributed by atoms with Crippen LogP contribution in [0.15, 0.2) is 41.3 Å². The molecule has 2 aromatic carbocycles. The number of ether oxygens (including phenoxy) is 3. The summed E-state index contributed by atoms with van der Waals surface area (Å²) in [6.45, 7) is 2.13. The fraction of sp³-hybridized carbons (Fsp3) is 0.364. The van der Waals surface area contributed by atoms with Crippen LogP contribution < -0.4 is 24.8 Å². The number of nitrogens with one attached hydrogen (secondary N) is 2. The van der Waals surface area contributed by atoms with Gasteiger partial charge in [-0.1, -0.05) is 0 Å². The summed E-state index contributed by atoms with van der Waals surface area (Å²) in [7, 11) is -3.86. The lowest BCUT2D eigenvalue weighted by Crippen LogP contribution is -2.43. The predicted molar refractivity (Wildman–Crippen MR) is 118 cm³/mol. The van der Waals surface area contributed by atoms with Gasteiger partial charge in [0.1, 0.15) is 5.75 Å². The standard InChI is InChI=1S/C22H23N3O7S/c1-13-21(26)24-17-10-16(5-7-18(17)32-13)33(28,29)25-8-2-3-14(11-25)22(27)23-15-4-6-19-20(9-15)31-12-30-19/h4-7,9-10,13-14H,2-3,8,11-12H2,1H3,(H,23,27)(H,24,26)/t13-,14+/m0/s1. The van der Waals surface area contributed by atoms with Crippen molar-refractivity contribution in [1.82, 2.24) is 4.31 Å². The molecular weight excluding hydrogens is 450 g/mol. The molecule has 174 valence electrons. The minimum atomic E-state index is -3.86. The average Bonchev–Trinajstić information content (AvgIpc) is 3.27. The maximum absolute atomic E-state index is 13.3. The summed E-state index contributed by atoms with van der Waals surface area (Å²) in [5.41, 5.74) is 0.872. The van der Waals surface area contributed by atoms with E-state index in [0.29, 0.717) is 48.0 Å². The first-order valence-corrected chi connectivity index (χ1v) is 12.1. The SMILES string of the molecule is C[C@@H]1Oc2ccc(S(=O)(=O)N3CCC[C@@H](C(=O)Nc4ccc5c(c4)OCO5)C3)cc2NC1=O. The van der Waals surface area contributed by atoms with Crippen molar-refractivity contribution in [2.45, 2.75) is 30.8 Å². The Hall–Kier alpha value is -3.31. The molecule has 0 aliphatic carbocycles. The second-order valence-corrected chi connectivity index (χ2v) is 10.1. The van der Waals surface area contributed by atoms with Crippen LogP contribution in [-0.2, 0) is 19.6 Å². The molecule has 10 nitrogen and oxygen atoms in total. The number of anilines is 2. The van der Waals surface area contributed by atoms with Crippen molar-refractivity contribution in [1.29, 1.82) is 0 Å². The van der Waals surface area contributed by atoms with E-state index in [1.54, 1.807) is 25.1 Å². The molecule has 5 rings (SSSR count). The van der Waals surface area contributed by atoms with Crippen LogP contribution in [0.2, 0.25) is 0 Å². The first-order chi connectivity index (χ1) is 15.8. The van der Waals surface area contributed by atoms with Crippen LogP contribution in [0.3, 0.4) is 0 Å². The number of carbonyl (C=O) groups excluding carboxylic acids is 2. The lowest BCUT2D eigenvalue weighted by Gasteiger charge is -2.31. The summed E-state index contributed by atoms with van der Waals surface area (Å²) in [4.78, 5) is 24.8. The van der Waals surface area contributed by atoms with Gasteiger partial charge in [-0.2, -0.15) is 4.31 Å². The van der Waals surface area contributed by atoms with E-state index in [0.717, 1.165) is 0 Å². The smallest absolute Gasteiger partial charge is 0.265 e. The van der Waals surface area contributed by atoms with Crippen LogP contribution in [0.1, 0.15) is 19.8 Å². The highest BCUT2D eigenvalue weighted by Crippen LogP contribution is 2.35. The van der Waals surface area contributed by atoms with Gasteiger partial charge in [-0.15, -0.1) is 0 Å². The van der Waals surface area contributed by atoms with Crippen molar-refractivity contribution in [3.63, 3.8) is 0 Å². The third-order valence-corrected chi connectivity index (χ3v) is 7.78. The van der Waals surface area contributed by atoms with E-state index in [-0.39, 0.29) is 30.0 Å². The number of nitrogens with zero attached hydrogens (tertiary/aromatic N) is 1. The Bertz CT molecular complexity index is 1230. The molecule has 1 saturated heterocycles. The monoisotopic (exact) mass is 473 g/mol. The maximum Gasteiger partial charge on any atom is 0.265 e. The van der Waals surface area contributed by atoms with Crippen LogP contribution in [0.25, 0.3) is 0 Å². The number of rotatable bonds is 4. The molecule has 3 heterocycles. The first-order valence-electron chi connectivity index (χ1n) is 10.6. The minimum absolute atomic E-state index is 0.0385. The molecule has 2 aromatic rings. The maximum atomic E-state index is 13.3. The van der Waals surface area contributed by atoms with Gasteiger partial charge in [-0.25, -0.2) is 8.42 Å². The van der Waals surface area contributed by atoms with Gasteiger partial charge in [-0.3, -0.25) is 9.59 Å². The van der Waals surface area contributed by atoms with Gasteiger partial charge in [0.15, 0.2) is 17.6 Å². The number of piperidine rings is 1. The van der Waals surface area contributed by atoms with Crippen LogP contribution >= 0.6 is 0 Å². The molecule has 0 spiro atoms. The quantitative estimate of drug-likeness (QED) is 0.698. The van der Waals surface area contributed by atoms with Gasteiger partial charge in [0.05, 0.1) is 16.5 Å². The molecule has 0 aromatic heterocycles. The molecule has 11 heteroatoms. The van der Waals surface area contributed by atoms with Crippen LogP contribution in [0, 0.1) is 5.92 Å². The molecule has 2 N–H and O–H groups in total. The van der Waals surface area contributed by atoms with E-state index < -0.39 is 22.0 Å². The molecule has 1 fully saturated rings. The lowest BCUT2D eigenvalue weighted by molar-refractivity contribution is -0.123. The summed E-state index contributed by atoms with van der Waals surface area (Å²) in [6.07, 6.45) is 0.487. The average molecular weight is 474 g/mol. The topological polar surface area (TPSA) is 123 Å². The molecule has 0 bridgehead atoms. The predicted octanol–water partition coefficient (Wildman–Crippen LogP) is 2.17. The van der Waals surface area contributed by atoms with Crippen molar-refractivity contribution in [3.8, 4) is 17.2 Å². The molecule has 2 atom stereocenters. The van der Waals surface area contributed by atoms with Crippen molar-refractivity contribution in [3.05, 3.63) is 36.4 Å². The van der Waals surface area contributed by atoms with Gasteiger partial charge in [0.2, 0.25) is 22.7 Å². The van der Waals surface area contributed by atoms with Crippen molar-refractivity contribution in [2.75, 3.05) is 30.5 Å². The van der Waals surface area contributed by atoms with E-state index in [1.165, 1.54) is 22.5 Å². The van der Waals surface area contributed by atoms with Gasteiger partial charge < -0.3 is 24.8 Å². The molecule has 0 radical (unpaired) electrons. The largest absolute Gasteiger partial charge is 0.479 e. The normalized spacial score (nSPS) is 22.2. The fourth-order valence-corrected chi connectivity index (χ4v) is 5.64. The summed E-state index contributed by atoms with van der Waals surface area (Å²) in [5, 5.41) is 5.51. The van der Waals surface area contributed by atoms with Gasteiger partial charge in [-0.05, 0) is 50.1 Å². The zero-order valence-electron chi connectivity index (χ0n) is 17.9. The number of fused-ring (bicyclic) bond motifs is 2. The number of benzene rings is 2. The van der Waals surface area contributed by atoms with E-state index >= 15 is 0 Å². The fourth-order valence-electron chi connectivity index (χ4n) is 4.09. The Kier molecular flexibility index (Phi) is 5.37. The number of carbonyl (C=O) groups is 2. The Morgan fingerprint density at radius 2 is 1.91 bits per heavy atom. The molecular formula is C22H23N3O7S. The number of amides is 2. The lowest BCUT2D eigenvalue weighted by atomic mass is 9.98. The van der Waals surface area contributed by atoms with E-state index in [4.69, 9.17) is 14.2 Å². The zero-order valence-corrected chi connectivity index (χ0v) is 18.7. The summed E-state index contributed by atoms with van der Waals surface area (Å²) in [5.74, 6) is 0.493. The summed E-state index contributed by atoms with van der Waals surface area (Å²) >= 11 is 0. The second kappa shape index (κ2) is 8.23. The molecule has 0 unspecified atom stereocenters. The van der Waals surface area contributed by atoms with Crippen molar-refractivity contribution in [2.24, 2.45) is 5.92 Å². The molecule has 33 heavy (non-hydrogen) atoms. The van der Waals surface area contributed by atoms with E-state index in [9.17, 15) is 18.0 Å². The van der Waals surface area contributed by atoms with Crippen LogP contribution in [0.5, 0.6) is 17.2 Å². The zero-order chi connectivity index (χ0) is 23.2. The highest BCUT2D eigenvalue weighted by atomic mass is 32.2. The minimum Gasteiger partial charge on any atom is -0.479 e. The Morgan fingerprint density at radius 1 is 1.12 bits per heavy atom.